The van der Waals surface area contributed by atoms with E-state index >= 15 is 0 Å². The van der Waals surface area contributed by atoms with E-state index in [1.54, 1.807) is 6.92 Å². The molecular formula is C24H24ClN5O4. The van der Waals surface area contributed by atoms with Crippen molar-refractivity contribution in [3.8, 4) is 0 Å². The van der Waals surface area contributed by atoms with Crippen LogP contribution in [0.25, 0.3) is 0 Å². The van der Waals surface area contributed by atoms with E-state index in [-0.39, 0.29) is 23.0 Å². The van der Waals surface area contributed by atoms with Gasteiger partial charge < -0.3 is 14.8 Å². The van der Waals surface area contributed by atoms with Crippen LogP contribution in [0.15, 0.2) is 49.1 Å². The van der Waals surface area contributed by atoms with Crippen LogP contribution in [0.1, 0.15) is 58.0 Å². The highest BCUT2D eigenvalue weighted by Gasteiger charge is 2.45. The molecule has 34 heavy (non-hydrogen) atoms. The molecule has 0 aliphatic heterocycles. The number of hydrogen-bond acceptors (Lipinski definition) is 9. The van der Waals surface area contributed by atoms with Crippen molar-refractivity contribution < 1.29 is 19.1 Å². The van der Waals surface area contributed by atoms with Gasteiger partial charge in [0.05, 0.1) is 29.9 Å². The van der Waals surface area contributed by atoms with E-state index in [1.807, 2.05) is 6.07 Å². The van der Waals surface area contributed by atoms with E-state index in [2.05, 4.69) is 43.5 Å². The fraction of sp³-hybridized carbons (Fsp3) is 0.333. The van der Waals surface area contributed by atoms with E-state index in [0.717, 1.165) is 30.4 Å². The number of carbonyl (C=O) groups excluding carboxylic acids is 2. The number of aromatic nitrogens is 4. The number of hydrogen-bond donors (Lipinski definition) is 1. The first-order valence-electron chi connectivity index (χ1n) is 11.0. The van der Waals surface area contributed by atoms with Gasteiger partial charge in [-0.2, -0.15) is 0 Å². The number of nitrogens with zero attached hydrogens (tertiary/aromatic N) is 4. The van der Waals surface area contributed by atoms with Crippen LogP contribution in [0.2, 0.25) is 5.28 Å². The van der Waals surface area contributed by atoms with Crippen LogP contribution in [0.5, 0.6) is 0 Å². The zero-order chi connectivity index (χ0) is 24.0. The molecule has 1 N–H and O–H groups in total. The van der Waals surface area contributed by atoms with E-state index < -0.39 is 11.9 Å². The standard InChI is InChI=1S/C24H24ClN5O4/c1-2-33-20(31)18-14-28-23(29-15-18)30-24(8-9-24)19-7-3-5-16(11-19)6-4-10-34-21(32)17-12-26-22(25)27-13-17/h3,5,7,11-15H,2,4,6,8-10H2,1H3,(H,28,29,30). The highest BCUT2D eigenvalue weighted by atomic mass is 35.5. The summed E-state index contributed by atoms with van der Waals surface area (Å²) >= 11 is 5.63. The molecule has 1 saturated carbocycles. The van der Waals surface area contributed by atoms with Crippen LogP contribution in [0.4, 0.5) is 5.95 Å². The predicted octanol–water partition coefficient (Wildman–Crippen LogP) is 3.99. The number of anilines is 1. The molecule has 1 aliphatic carbocycles. The molecule has 1 aliphatic rings. The summed E-state index contributed by atoms with van der Waals surface area (Å²) in [6.07, 6.45) is 8.99. The maximum atomic E-state index is 12.0. The van der Waals surface area contributed by atoms with Gasteiger partial charge in [-0.15, -0.1) is 0 Å². The van der Waals surface area contributed by atoms with Crippen molar-refractivity contribution in [1.82, 2.24) is 19.9 Å². The Morgan fingerprint density at radius 1 is 1.00 bits per heavy atom. The first kappa shape index (κ1) is 23.6. The SMILES string of the molecule is CCOC(=O)c1cnc(NC2(c3cccc(CCCOC(=O)c4cnc(Cl)nc4)c3)CC2)nc1. The third kappa shape index (κ3) is 5.85. The molecule has 0 spiro atoms. The number of nitrogens with one attached hydrogen (secondary N) is 1. The fourth-order valence-electron chi connectivity index (χ4n) is 3.50. The van der Waals surface area contributed by atoms with Gasteiger partial charge in [0.2, 0.25) is 11.2 Å². The number of halogens is 1. The van der Waals surface area contributed by atoms with Crippen LogP contribution >= 0.6 is 11.6 Å². The Bertz CT molecular complexity index is 1150. The molecule has 1 fully saturated rings. The largest absolute Gasteiger partial charge is 0.462 e. The quantitative estimate of drug-likeness (QED) is 0.260. The first-order chi connectivity index (χ1) is 16.5. The Morgan fingerprint density at radius 2 is 1.65 bits per heavy atom. The Kier molecular flexibility index (Phi) is 7.32. The highest BCUT2D eigenvalue weighted by Crippen LogP contribution is 2.48. The van der Waals surface area contributed by atoms with Gasteiger partial charge >= 0.3 is 11.9 Å². The van der Waals surface area contributed by atoms with Gasteiger partial charge in [-0.3, -0.25) is 0 Å². The Balaban J connectivity index is 1.30. The Labute approximate surface area is 201 Å². The van der Waals surface area contributed by atoms with Gasteiger partial charge in [0, 0.05) is 24.8 Å². The number of ether oxygens (including phenoxy) is 2. The molecule has 0 saturated heterocycles. The minimum Gasteiger partial charge on any atom is -0.462 e. The van der Waals surface area contributed by atoms with Crippen molar-refractivity contribution in [2.24, 2.45) is 0 Å². The molecule has 0 bridgehead atoms. The Morgan fingerprint density at radius 3 is 2.29 bits per heavy atom. The van der Waals surface area contributed by atoms with Crippen LogP contribution in [-0.4, -0.2) is 45.1 Å². The lowest BCUT2D eigenvalue weighted by Gasteiger charge is -2.19. The second-order valence-corrected chi connectivity index (χ2v) is 8.24. The van der Waals surface area contributed by atoms with Gasteiger partial charge in [0.15, 0.2) is 0 Å². The molecule has 1 aromatic carbocycles. The second-order valence-electron chi connectivity index (χ2n) is 7.90. The molecule has 0 unspecified atom stereocenters. The zero-order valence-electron chi connectivity index (χ0n) is 18.7. The van der Waals surface area contributed by atoms with Crippen LogP contribution in [-0.2, 0) is 21.4 Å². The van der Waals surface area contributed by atoms with E-state index in [9.17, 15) is 9.59 Å². The topological polar surface area (TPSA) is 116 Å². The molecule has 10 heteroatoms. The van der Waals surface area contributed by atoms with Crippen LogP contribution < -0.4 is 5.32 Å². The summed E-state index contributed by atoms with van der Waals surface area (Å²) in [6, 6.07) is 8.31. The lowest BCUT2D eigenvalue weighted by molar-refractivity contribution is 0.0496. The molecule has 0 radical (unpaired) electrons. The minimum atomic E-state index is -0.472. The van der Waals surface area contributed by atoms with Gasteiger partial charge in [0.1, 0.15) is 0 Å². The third-order valence-electron chi connectivity index (χ3n) is 5.44. The normalized spacial score (nSPS) is 13.7. The summed E-state index contributed by atoms with van der Waals surface area (Å²) < 4.78 is 10.3. The number of rotatable bonds is 10. The average Bonchev–Trinajstić information content (AvgIpc) is 3.63. The summed E-state index contributed by atoms with van der Waals surface area (Å²) in [4.78, 5) is 39.9. The summed E-state index contributed by atoms with van der Waals surface area (Å²) in [5.41, 5.74) is 2.67. The average molecular weight is 482 g/mol. The maximum Gasteiger partial charge on any atom is 0.341 e. The molecule has 2 heterocycles. The number of carbonyl (C=O) groups is 2. The zero-order valence-corrected chi connectivity index (χ0v) is 19.4. The van der Waals surface area contributed by atoms with Crippen molar-refractivity contribution in [3.63, 3.8) is 0 Å². The smallest absolute Gasteiger partial charge is 0.341 e. The van der Waals surface area contributed by atoms with Gasteiger partial charge in [-0.25, -0.2) is 29.5 Å². The van der Waals surface area contributed by atoms with Gasteiger partial charge in [-0.1, -0.05) is 24.3 Å². The predicted molar refractivity (Wildman–Crippen MR) is 125 cm³/mol. The first-order valence-corrected chi connectivity index (χ1v) is 11.4. The fourth-order valence-corrected chi connectivity index (χ4v) is 3.60. The van der Waals surface area contributed by atoms with Crippen molar-refractivity contribution >= 4 is 29.5 Å². The van der Waals surface area contributed by atoms with Gasteiger partial charge in [-0.05, 0) is 55.3 Å². The van der Waals surface area contributed by atoms with Crippen molar-refractivity contribution in [2.75, 3.05) is 18.5 Å². The summed E-state index contributed by atoms with van der Waals surface area (Å²) in [6.45, 7) is 2.34. The monoisotopic (exact) mass is 481 g/mol. The number of esters is 2. The van der Waals surface area contributed by atoms with Crippen molar-refractivity contribution in [3.05, 3.63) is 76.6 Å². The third-order valence-corrected chi connectivity index (χ3v) is 5.64. The molecule has 0 amide bonds. The number of benzene rings is 1. The molecule has 0 atom stereocenters. The molecule has 2 aromatic heterocycles. The van der Waals surface area contributed by atoms with Crippen molar-refractivity contribution in [1.29, 1.82) is 0 Å². The van der Waals surface area contributed by atoms with Gasteiger partial charge in [0.25, 0.3) is 0 Å². The minimum absolute atomic E-state index is 0.0830. The second kappa shape index (κ2) is 10.6. The molecular weight excluding hydrogens is 458 g/mol. The summed E-state index contributed by atoms with van der Waals surface area (Å²) in [5.74, 6) is -0.440. The van der Waals surface area contributed by atoms with E-state index in [4.69, 9.17) is 21.1 Å². The van der Waals surface area contributed by atoms with Crippen LogP contribution in [0, 0.1) is 0 Å². The molecule has 3 aromatic rings. The van der Waals surface area contributed by atoms with E-state index in [0.29, 0.717) is 24.5 Å². The highest BCUT2D eigenvalue weighted by molar-refractivity contribution is 6.28. The van der Waals surface area contributed by atoms with E-state index in [1.165, 1.54) is 24.8 Å². The van der Waals surface area contributed by atoms with Crippen LogP contribution in [0.3, 0.4) is 0 Å². The molecule has 176 valence electrons. The molecule has 9 nitrogen and oxygen atoms in total. The number of aryl methyl sites for hydroxylation is 1. The Hall–Kier alpha value is -3.59. The summed E-state index contributed by atoms with van der Waals surface area (Å²) in [5, 5.41) is 3.49. The lowest BCUT2D eigenvalue weighted by atomic mass is 10.00. The maximum absolute atomic E-state index is 12.0. The summed E-state index contributed by atoms with van der Waals surface area (Å²) in [7, 11) is 0. The lowest BCUT2D eigenvalue weighted by Crippen LogP contribution is -2.21. The molecule has 4 rings (SSSR count). The van der Waals surface area contributed by atoms with Crippen molar-refractivity contribution in [2.45, 2.75) is 38.1 Å².